The smallest absolute Gasteiger partial charge is 0.327 e. The van der Waals surface area contributed by atoms with Gasteiger partial charge < -0.3 is 24.6 Å². The van der Waals surface area contributed by atoms with E-state index in [1.54, 1.807) is 20.8 Å². The van der Waals surface area contributed by atoms with Gasteiger partial charge in [-0.2, -0.15) is 0 Å². The van der Waals surface area contributed by atoms with Crippen molar-refractivity contribution < 1.29 is 38.5 Å². The van der Waals surface area contributed by atoms with Crippen LogP contribution in [0.5, 0.6) is 0 Å². The highest BCUT2D eigenvalue weighted by atomic mass is 16.5. The Morgan fingerprint density at radius 3 is 2.09 bits per heavy atom. The fourth-order valence-electron chi connectivity index (χ4n) is 1.73. The molecule has 2 N–H and O–H groups in total. The Kier molecular flexibility index (Phi) is 10.3. The normalized spacial score (nSPS) is 12.8. The first-order valence-corrected chi connectivity index (χ1v) is 7.29. The third-order valence-electron chi connectivity index (χ3n) is 2.70. The summed E-state index contributed by atoms with van der Waals surface area (Å²) in [5.41, 5.74) is 0. The van der Waals surface area contributed by atoms with E-state index in [-0.39, 0.29) is 26.4 Å². The van der Waals surface area contributed by atoms with Gasteiger partial charge in [-0.1, -0.05) is 0 Å². The third-order valence-corrected chi connectivity index (χ3v) is 2.70. The summed E-state index contributed by atoms with van der Waals surface area (Å²) < 4.78 is 14.4. The van der Waals surface area contributed by atoms with Crippen molar-refractivity contribution in [1.82, 2.24) is 5.32 Å². The zero-order valence-electron chi connectivity index (χ0n) is 13.5. The second-order valence-electron chi connectivity index (χ2n) is 4.39. The van der Waals surface area contributed by atoms with E-state index in [2.05, 4.69) is 5.32 Å². The van der Waals surface area contributed by atoms with Crippen LogP contribution in [0.4, 0.5) is 0 Å². The van der Waals surface area contributed by atoms with Gasteiger partial charge in [-0.05, 0) is 20.8 Å². The average molecular weight is 333 g/mol. The Morgan fingerprint density at radius 2 is 1.61 bits per heavy atom. The van der Waals surface area contributed by atoms with Gasteiger partial charge in [0.15, 0.2) is 0 Å². The molecule has 0 radical (unpaired) electrons. The van der Waals surface area contributed by atoms with Gasteiger partial charge >= 0.3 is 17.9 Å². The molecule has 9 nitrogen and oxygen atoms in total. The lowest BCUT2D eigenvalue weighted by Crippen LogP contribution is -2.50. The molecule has 0 rings (SSSR count). The minimum absolute atomic E-state index is 0.0113. The van der Waals surface area contributed by atoms with E-state index in [1.807, 2.05) is 0 Å². The Hall–Kier alpha value is -2.16. The summed E-state index contributed by atoms with van der Waals surface area (Å²) in [6.07, 6.45) is -0.515. The molecular formula is C14H23NO8. The second kappa shape index (κ2) is 11.4. The number of carbonyl (C=O) groups is 4. The third kappa shape index (κ3) is 8.15. The topological polar surface area (TPSA) is 128 Å². The molecule has 0 spiro atoms. The molecule has 0 aromatic heterocycles. The van der Waals surface area contributed by atoms with Crippen LogP contribution in [0, 0.1) is 5.92 Å². The first-order chi connectivity index (χ1) is 10.9. The number of carbonyl (C=O) groups excluding carboxylic acids is 3. The van der Waals surface area contributed by atoms with Gasteiger partial charge in [-0.15, -0.1) is 0 Å². The van der Waals surface area contributed by atoms with E-state index in [0.29, 0.717) is 0 Å². The van der Waals surface area contributed by atoms with Crippen LogP contribution in [0.15, 0.2) is 0 Å². The second-order valence-corrected chi connectivity index (χ2v) is 4.39. The van der Waals surface area contributed by atoms with Crippen LogP contribution >= 0.6 is 0 Å². The predicted octanol–water partition coefficient (Wildman–Crippen LogP) is -0.275. The van der Waals surface area contributed by atoms with Crippen LogP contribution in [-0.4, -0.2) is 61.4 Å². The fraction of sp³-hybridized carbons (Fsp3) is 0.714. The summed E-state index contributed by atoms with van der Waals surface area (Å²) in [6.45, 7) is 4.81. The van der Waals surface area contributed by atoms with Crippen LogP contribution in [0.1, 0.15) is 27.2 Å². The Bertz CT molecular complexity index is 423. The number of rotatable bonds is 11. The van der Waals surface area contributed by atoms with E-state index >= 15 is 0 Å². The van der Waals surface area contributed by atoms with Crippen molar-refractivity contribution in [3.05, 3.63) is 0 Å². The molecule has 0 aromatic rings. The van der Waals surface area contributed by atoms with Crippen molar-refractivity contribution in [2.75, 3.05) is 26.4 Å². The van der Waals surface area contributed by atoms with Crippen molar-refractivity contribution in [3.8, 4) is 0 Å². The number of amides is 1. The molecule has 132 valence electrons. The largest absolute Gasteiger partial charge is 0.480 e. The Balaban J connectivity index is 5.14. The molecule has 0 bridgehead atoms. The SMILES string of the molecule is CCOCC(=O)N[C@@H](C(=O)O)[C@H](CC(=O)OCC)C(=O)OCC. The Labute approximate surface area is 134 Å². The van der Waals surface area contributed by atoms with Gasteiger partial charge in [0.1, 0.15) is 12.6 Å². The lowest BCUT2D eigenvalue weighted by molar-refractivity contribution is -0.160. The summed E-state index contributed by atoms with van der Waals surface area (Å²) in [7, 11) is 0. The zero-order valence-corrected chi connectivity index (χ0v) is 13.5. The molecule has 23 heavy (non-hydrogen) atoms. The molecule has 0 aromatic carbocycles. The van der Waals surface area contributed by atoms with E-state index < -0.39 is 42.2 Å². The van der Waals surface area contributed by atoms with Crippen LogP contribution in [0.2, 0.25) is 0 Å². The highest BCUT2D eigenvalue weighted by Gasteiger charge is 2.38. The van der Waals surface area contributed by atoms with Gasteiger partial charge in [0.05, 0.1) is 25.6 Å². The first kappa shape index (κ1) is 20.8. The quantitative estimate of drug-likeness (QED) is 0.494. The number of ether oxygens (including phenoxy) is 3. The number of hydrogen-bond acceptors (Lipinski definition) is 7. The molecule has 1 amide bonds. The predicted molar refractivity (Wildman–Crippen MR) is 77.4 cm³/mol. The number of hydrogen-bond donors (Lipinski definition) is 2. The first-order valence-electron chi connectivity index (χ1n) is 7.29. The van der Waals surface area contributed by atoms with E-state index in [0.717, 1.165) is 0 Å². The lowest BCUT2D eigenvalue weighted by Gasteiger charge is -2.22. The average Bonchev–Trinajstić information content (AvgIpc) is 2.48. The summed E-state index contributed by atoms with van der Waals surface area (Å²) in [6, 6.07) is -1.62. The lowest BCUT2D eigenvalue weighted by atomic mass is 9.96. The monoisotopic (exact) mass is 333 g/mol. The van der Waals surface area contributed by atoms with Gasteiger partial charge in [0.2, 0.25) is 5.91 Å². The van der Waals surface area contributed by atoms with Crippen LogP contribution in [-0.2, 0) is 33.4 Å². The highest BCUT2D eigenvalue weighted by Crippen LogP contribution is 2.14. The zero-order chi connectivity index (χ0) is 17.8. The molecule has 0 heterocycles. The fourth-order valence-corrected chi connectivity index (χ4v) is 1.73. The van der Waals surface area contributed by atoms with E-state index in [1.165, 1.54) is 0 Å². The Morgan fingerprint density at radius 1 is 1.00 bits per heavy atom. The van der Waals surface area contributed by atoms with Crippen molar-refractivity contribution in [1.29, 1.82) is 0 Å². The minimum atomic E-state index is -1.62. The van der Waals surface area contributed by atoms with E-state index in [9.17, 15) is 24.3 Å². The van der Waals surface area contributed by atoms with Crippen LogP contribution < -0.4 is 5.32 Å². The molecule has 0 aliphatic rings. The van der Waals surface area contributed by atoms with Crippen molar-refractivity contribution >= 4 is 23.8 Å². The van der Waals surface area contributed by atoms with Crippen LogP contribution in [0.25, 0.3) is 0 Å². The van der Waals surface area contributed by atoms with Gasteiger partial charge in [-0.3, -0.25) is 14.4 Å². The summed E-state index contributed by atoms with van der Waals surface area (Å²) in [5, 5.41) is 11.4. The molecule has 9 heteroatoms. The number of aliphatic carboxylic acids is 1. The molecule has 0 saturated carbocycles. The summed E-state index contributed by atoms with van der Waals surface area (Å²) >= 11 is 0. The number of nitrogens with one attached hydrogen (secondary N) is 1. The summed E-state index contributed by atoms with van der Waals surface area (Å²) in [5.74, 6) is -5.22. The standard InChI is InChI=1S/C14H23NO8/c1-4-21-8-10(16)15-12(13(18)19)9(14(20)23-6-3)7-11(17)22-5-2/h9,12H,4-8H2,1-3H3,(H,15,16)(H,18,19)/t9-,12+/m0/s1. The maximum atomic E-state index is 11.9. The molecular weight excluding hydrogens is 310 g/mol. The maximum Gasteiger partial charge on any atom is 0.327 e. The molecule has 0 saturated heterocycles. The van der Waals surface area contributed by atoms with Crippen molar-refractivity contribution in [2.45, 2.75) is 33.2 Å². The number of carboxylic acids is 1. The van der Waals surface area contributed by atoms with E-state index in [4.69, 9.17) is 14.2 Å². The van der Waals surface area contributed by atoms with Crippen molar-refractivity contribution in [3.63, 3.8) is 0 Å². The minimum Gasteiger partial charge on any atom is -0.480 e. The van der Waals surface area contributed by atoms with Gasteiger partial charge in [-0.25, -0.2) is 4.79 Å². The molecule has 2 atom stereocenters. The van der Waals surface area contributed by atoms with Crippen molar-refractivity contribution in [2.24, 2.45) is 5.92 Å². The maximum absolute atomic E-state index is 11.9. The summed E-state index contributed by atoms with van der Waals surface area (Å²) in [4.78, 5) is 46.6. The molecule has 0 aliphatic carbocycles. The van der Waals surface area contributed by atoms with Gasteiger partial charge in [0, 0.05) is 6.61 Å². The molecule has 0 fully saturated rings. The number of esters is 2. The highest BCUT2D eigenvalue weighted by molar-refractivity contribution is 5.90. The van der Waals surface area contributed by atoms with Crippen LogP contribution in [0.3, 0.4) is 0 Å². The molecule has 0 aliphatic heterocycles. The van der Waals surface area contributed by atoms with Gasteiger partial charge in [0.25, 0.3) is 0 Å². The molecule has 0 unspecified atom stereocenters. The number of carboxylic acid groups (broad SMARTS) is 1.